The van der Waals surface area contributed by atoms with Gasteiger partial charge in [-0.15, -0.1) is 12.4 Å². The summed E-state index contributed by atoms with van der Waals surface area (Å²) in [5, 5.41) is 1.00. The normalized spacial score (nSPS) is 20.7. The van der Waals surface area contributed by atoms with Crippen molar-refractivity contribution < 1.29 is 9.53 Å². The second-order valence-corrected chi connectivity index (χ2v) is 6.79. The van der Waals surface area contributed by atoms with Gasteiger partial charge in [0, 0.05) is 19.2 Å². The highest BCUT2D eigenvalue weighted by Gasteiger charge is 2.34. The maximum absolute atomic E-state index is 12.1. The zero-order valence-corrected chi connectivity index (χ0v) is 15.2. The molecule has 1 amide bonds. The fourth-order valence-corrected chi connectivity index (χ4v) is 2.84. The largest absolute Gasteiger partial charge is 0.482 e. The smallest absolute Gasteiger partial charge is 0.260 e. The summed E-state index contributed by atoms with van der Waals surface area (Å²) in [6.07, 6.45) is 0.906. The Kier molecular flexibility index (Phi) is 7.09. The Morgan fingerprint density at radius 1 is 1.32 bits per heavy atom. The third kappa shape index (κ3) is 4.56. The zero-order valence-electron chi connectivity index (χ0n) is 12.1. The van der Waals surface area contributed by atoms with E-state index in [0.717, 1.165) is 6.42 Å². The Bertz CT molecular complexity index is 556. The Balaban J connectivity index is 0.00000242. The minimum absolute atomic E-state index is 0. The SMILES string of the molecule is CC1(CN)CCN(C(=O)COc2cc(Cl)c(Cl)cc2Cl)C1.Cl. The highest BCUT2D eigenvalue weighted by atomic mass is 35.5. The molecular formula is C14H18Cl4N2O2. The third-order valence-corrected chi connectivity index (χ3v) is 4.75. The second-order valence-electron chi connectivity index (χ2n) is 5.57. The lowest BCUT2D eigenvalue weighted by Gasteiger charge is -2.22. The van der Waals surface area contributed by atoms with Crippen LogP contribution in [0.2, 0.25) is 15.1 Å². The van der Waals surface area contributed by atoms with Crippen LogP contribution in [-0.2, 0) is 4.79 Å². The molecule has 0 aromatic heterocycles. The van der Waals surface area contributed by atoms with E-state index < -0.39 is 0 Å². The number of hydrogen-bond acceptors (Lipinski definition) is 3. The molecule has 1 atom stereocenters. The molecule has 8 heteroatoms. The van der Waals surface area contributed by atoms with Gasteiger partial charge in [0.15, 0.2) is 6.61 Å². The summed E-state index contributed by atoms with van der Waals surface area (Å²) >= 11 is 17.7. The summed E-state index contributed by atoms with van der Waals surface area (Å²) in [4.78, 5) is 13.9. The van der Waals surface area contributed by atoms with Crippen molar-refractivity contribution in [3.8, 4) is 5.75 Å². The maximum atomic E-state index is 12.1. The van der Waals surface area contributed by atoms with E-state index in [1.54, 1.807) is 4.90 Å². The van der Waals surface area contributed by atoms with Crippen LogP contribution in [0.4, 0.5) is 0 Å². The predicted octanol–water partition coefficient (Wildman–Crippen LogP) is 3.64. The molecule has 1 unspecified atom stereocenters. The quantitative estimate of drug-likeness (QED) is 0.802. The van der Waals surface area contributed by atoms with Crippen LogP contribution in [0.5, 0.6) is 5.75 Å². The van der Waals surface area contributed by atoms with Crippen molar-refractivity contribution in [1.29, 1.82) is 0 Å². The lowest BCUT2D eigenvalue weighted by Crippen LogP contribution is -2.36. The van der Waals surface area contributed by atoms with Gasteiger partial charge in [0.2, 0.25) is 0 Å². The van der Waals surface area contributed by atoms with Gasteiger partial charge in [-0.3, -0.25) is 4.79 Å². The van der Waals surface area contributed by atoms with Crippen LogP contribution in [-0.4, -0.2) is 37.0 Å². The van der Waals surface area contributed by atoms with Crippen LogP contribution < -0.4 is 10.5 Å². The topological polar surface area (TPSA) is 55.6 Å². The first-order valence-electron chi connectivity index (χ1n) is 6.60. The van der Waals surface area contributed by atoms with Crippen LogP contribution in [0.25, 0.3) is 0 Å². The van der Waals surface area contributed by atoms with E-state index in [1.807, 2.05) is 0 Å². The van der Waals surface area contributed by atoms with Gasteiger partial charge in [-0.25, -0.2) is 0 Å². The second kappa shape index (κ2) is 7.93. The van der Waals surface area contributed by atoms with Crippen LogP contribution in [0.15, 0.2) is 12.1 Å². The molecule has 1 heterocycles. The Hall–Kier alpha value is -0.390. The molecule has 2 rings (SSSR count). The molecule has 0 saturated carbocycles. The molecule has 0 bridgehead atoms. The lowest BCUT2D eigenvalue weighted by molar-refractivity contribution is -0.132. The highest BCUT2D eigenvalue weighted by molar-refractivity contribution is 6.43. The average Bonchev–Trinajstić information content (AvgIpc) is 2.84. The molecule has 1 saturated heterocycles. The van der Waals surface area contributed by atoms with E-state index in [9.17, 15) is 4.79 Å². The first-order valence-corrected chi connectivity index (χ1v) is 7.73. The Morgan fingerprint density at radius 2 is 1.95 bits per heavy atom. The van der Waals surface area contributed by atoms with Gasteiger partial charge in [-0.1, -0.05) is 41.7 Å². The van der Waals surface area contributed by atoms with Gasteiger partial charge in [0.25, 0.3) is 5.91 Å². The summed E-state index contributed by atoms with van der Waals surface area (Å²) in [7, 11) is 0. The molecular weight excluding hydrogens is 370 g/mol. The van der Waals surface area contributed by atoms with Crippen molar-refractivity contribution in [3.05, 3.63) is 27.2 Å². The molecule has 4 nitrogen and oxygen atoms in total. The van der Waals surface area contributed by atoms with Crippen LogP contribution in [0.3, 0.4) is 0 Å². The molecule has 1 aliphatic rings. The van der Waals surface area contributed by atoms with E-state index in [2.05, 4.69) is 6.92 Å². The van der Waals surface area contributed by atoms with E-state index in [0.29, 0.717) is 40.5 Å². The van der Waals surface area contributed by atoms with Gasteiger partial charge >= 0.3 is 0 Å². The third-order valence-electron chi connectivity index (χ3n) is 3.73. The molecule has 0 spiro atoms. The number of halogens is 4. The minimum atomic E-state index is -0.0886. The number of ether oxygens (including phenoxy) is 1. The predicted molar refractivity (Wildman–Crippen MR) is 92.6 cm³/mol. The van der Waals surface area contributed by atoms with Gasteiger partial charge in [-0.2, -0.15) is 0 Å². The number of rotatable bonds is 4. The summed E-state index contributed by atoms with van der Waals surface area (Å²) in [6, 6.07) is 3.00. The zero-order chi connectivity index (χ0) is 15.6. The van der Waals surface area contributed by atoms with Crippen molar-refractivity contribution >= 4 is 53.1 Å². The number of hydrogen-bond donors (Lipinski definition) is 1. The van der Waals surface area contributed by atoms with Crippen molar-refractivity contribution in [1.82, 2.24) is 4.90 Å². The first kappa shape index (κ1) is 19.7. The van der Waals surface area contributed by atoms with E-state index in [1.165, 1.54) is 12.1 Å². The van der Waals surface area contributed by atoms with Gasteiger partial charge < -0.3 is 15.4 Å². The van der Waals surface area contributed by atoms with Crippen LogP contribution >= 0.6 is 47.2 Å². The number of benzene rings is 1. The van der Waals surface area contributed by atoms with Crippen LogP contribution in [0, 0.1) is 5.41 Å². The molecule has 2 N–H and O–H groups in total. The molecule has 1 aliphatic heterocycles. The molecule has 22 heavy (non-hydrogen) atoms. The molecule has 0 aliphatic carbocycles. The standard InChI is InChI=1S/C14H17Cl3N2O2.ClH/c1-14(7-18)2-3-19(8-14)13(20)6-21-12-5-10(16)9(15)4-11(12)17;/h4-5H,2-3,6-8,18H2,1H3;1H. The van der Waals surface area contributed by atoms with E-state index in [-0.39, 0.29) is 30.3 Å². The lowest BCUT2D eigenvalue weighted by atomic mass is 9.90. The maximum Gasteiger partial charge on any atom is 0.260 e. The molecule has 1 aromatic carbocycles. The number of likely N-dealkylation sites (tertiary alicyclic amines) is 1. The number of carbonyl (C=O) groups is 1. The first-order chi connectivity index (χ1) is 9.84. The Labute approximate surface area is 151 Å². The van der Waals surface area contributed by atoms with Gasteiger partial charge in [0.1, 0.15) is 5.75 Å². The monoisotopic (exact) mass is 386 g/mol. The minimum Gasteiger partial charge on any atom is -0.482 e. The van der Waals surface area contributed by atoms with E-state index >= 15 is 0 Å². The fraction of sp³-hybridized carbons (Fsp3) is 0.500. The van der Waals surface area contributed by atoms with Crippen molar-refractivity contribution in [3.63, 3.8) is 0 Å². The van der Waals surface area contributed by atoms with E-state index in [4.69, 9.17) is 45.3 Å². The highest BCUT2D eigenvalue weighted by Crippen LogP contribution is 2.34. The summed E-state index contributed by atoms with van der Waals surface area (Å²) < 4.78 is 5.45. The van der Waals surface area contributed by atoms with Crippen molar-refractivity contribution in [2.45, 2.75) is 13.3 Å². The fourth-order valence-electron chi connectivity index (χ4n) is 2.25. The molecule has 124 valence electrons. The Morgan fingerprint density at radius 3 is 2.55 bits per heavy atom. The summed E-state index contributed by atoms with van der Waals surface area (Å²) in [5.41, 5.74) is 5.73. The number of nitrogens with zero attached hydrogens (tertiary/aromatic N) is 1. The summed E-state index contributed by atoms with van der Waals surface area (Å²) in [6.45, 7) is 3.91. The summed E-state index contributed by atoms with van der Waals surface area (Å²) in [5.74, 6) is 0.259. The number of amides is 1. The van der Waals surface area contributed by atoms with Crippen molar-refractivity contribution in [2.24, 2.45) is 11.1 Å². The van der Waals surface area contributed by atoms with Crippen molar-refractivity contribution in [2.75, 3.05) is 26.2 Å². The molecule has 1 fully saturated rings. The number of carbonyl (C=O) groups excluding carboxylic acids is 1. The van der Waals surface area contributed by atoms with Gasteiger partial charge in [0.05, 0.1) is 15.1 Å². The molecule has 1 aromatic rings. The van der Waals surface area contributed by atoms with Crippen LogP contribution in [0.1, 0.15) is 13.3 Å². The molecule has 0 radical (unpaired) electrons. The average molecular weight is 388 g/mol. The number of nitrogens with two attached hydrogens (primary N) is 1. The van der Waals surface area contributed by atoms with Gasteiger partial charge in [-0.05, 0) is 24.4 Å².